The SMILES string of the molecule is CC(C(=O)Nc1nc(-c2ccccc2Cl)co1)N1C(=O)c2ccccc2C1=O. The number of aromatic nitrogens is 1. The van der Waals surface area contributed by atoms with Crippen molar-refractivity contribution in [1.29, 1.82) is 0 Å². The van der Waals surface area contributed by atoms with Crippen LogP contribution in [0.3, 0.4) is 0 Å². The van der Waals surface area contributed by atoms with Gasteiger partial charge in [0.25, 0.3) is 17.7 Å². The van der Waals surface area contributed by atoms with Gasteiger partial charge in [-0.2, -0.15) is 4.98 Å². The van der Waals surface area contributed by atoms with E-state index >= 15 is 0 Å². The summed E-state index contributed by atoms with van der Waals surface area (Å²) in [6.45, 7) is 1.47. The van der Waals surface area contributed by atoms with Crippen LogP contribution in [0.4, 0.5) is 6.01 Å². The Hall–Kier alpha value is -3.45. The van der Waals surface area contributed by atoms with Gasteiger partial charge in [0, 0.05) is 5.56 Å². The number of benzene rings is 2. The lowest BCUT2D eigenvalue weighted by molar-refractivity contribution is -0.119. The van der Waals surface area contributed by atoms with Crippen LogP contribution in [0.15, 0.2) is 59.2 Å². The highest BCUT2D eigenvalue weighted by Crippen LogP contribution is 2.28. The minimum atomic E-state index is -1.04. The summed E-state index contributed by atoms with van der Waals surface area (Å²) >= 11 is 6.14. The molecule has 1 atom stereocenters. The topological polar surface area (TPSA) is 92.5 Å². The smallest absolute Gasteiger partial charge is 0.301 e. The van der Waals surface area contributed by atoms with Crippen LogP contribution < -0.4 is 5.32 Å². The summed E-state index contributed by atoms with van der Waals surface area (Å²) < 4.78 is 5.28. The third-order valence-electron chi connectivity index (χ3n) is 4.48. The number of anilines is 1. The van der Waals surface area contributed by atoms with Gasteiger partial charge in [0.15, 0.2) is 0 Å². The van der Waals surface area contributed by atoms with E-state index in [4.69, 9.17) is 16.0 Å². The zero-order valence-electron chi connectivity index (χ0n) is 14.7. The minimum absolute atomic E-state index is 0.0524. The van der Waals surface area contributed by atoms with Crippen molar-refractivity contribution < 1.29 is 18.8 Å². The number of amides is 3. The minimum Gasteiger partial charge on any atom is -0.431 e. The Morgan fingerprint density at radius 1 is 1.04 bits per heavy atom. The van der Waals surface area contributed by atoms with Crippen LogP contribution in [0.25, 0.3) is 11.3 Å². The van der Waals surface area contributed by atoms with E-state index < -0.39 is 23.8 Å². The van der Waals surface area contributed by atoms with Gasteiger partial charge < -0.3 is 4.42 Å². The number of nitrogens with zero attached hydrogens (tertiary/aromatic N) is 2. The van der Waals surface area contributed by atoms with Crippen LogP contribution in [0.1, 0.15) is 27.6 Å². The summed E-state index contributed by atoms with van der Waals surface area (Å²) in [4.78, 5) is 42.7. The molecule has 4 rings (SSSR count). The van der Waals surface area contributed by atoms with Crippen LogP contribution in [0.2, 0.25) is 5.02 Å². The molecule has 0 aliphatic carbocycles. The maximum atomic E-state index is 12.6. The second-order valence-corrected chi connectivity index (χ2v) is 6.62. The molecule has 0 fully saturated rings. The Morgan fingerprint density at radius 2 is 1.61 bits per heavy atom. The van der Waals surface area contributed by atoms with Crippen molar-refractivity contribution in [2.24, 2.45) is 0 Å². The fraction of sp³-hybridized carbons (Fsp3) is 0.100. The molecule has 1 aliphatic heterocycles. The predicted molar refractivity (Wildman–Crippen MR) is 102 cm³/mol. The fourth-order valence-electron chi connectivity index (χ4n) is 3.01. The van der Waals surface area contributed by atoms with Crippen molar-refractivity contribution in [2.75, 3.05) is 5.32 Å². The van der Waals surface area contributed by atoms with Gasteiger partial charge in [-0.25, -0.2) is 0 Å². The van der Waals surface area contributed by atoms with Crippen LogP contribution in [0.5, 0.6) is 0 Å². The summed E-state index contributed by atoms with van der Waals surface area (Å²) in [5, 5.41) is 2.98. The largest absolute Gasteiger partial charge is 0.431 e. The predicted octanol–water partition coefficient (Wildman–Crippen LogP) is 3.62. The van der Waals surface area contributed by atoms with Crippen molar-refractivity contribution in [2.45, 2.75) is 13.0 Å². The zero-order chi connectivity index (χ0) is 19.8. The number of carbonyl (C=O) groups excluding carboxylic acids is 3. The molecule has 1 aliphatic rings. The van der Waals surface area contributed by atoms with Gasteiger partial charge in [-0.3, -0.25) is 24.6 Å². The second kappa shape index (κ2) is 6.94. The highest BCUT2D eigenvalue weighted by atomic mass is 35.5. The van der Waals surface area contributed by atoms with E-state index in [0.29, 0.717) is 16.3 Å². The molecule has 1 N–H and O–H groups in total. The highest BCUT2D eigenvalue weighted by molar-refractivity contribution is 6.33. The van der Waals surface area contributed by atoms with E-state index in [1.54, 1.807) is 48.5 Å². The number of hydrogen-bond acceptors (Lipinski definition) is 5. The molecule has 0 saturated carbocycles. The molecular formula is C20H14ClN3O4. The summed E-state index contributed by atoms with van der Waals surface area (Å²) in [5.41, 5.74) is 1.67. The number of halogens is 1. The van der Waals surface area contributed by atoms with Crippen molar-refractivity contribution in [1.82, 2.24) is 9.88 Å². The van der Waals surface area contributed by atoms with E-state index in [1.165, 1.54) is 13.2 Å². The molecule has 0 spiro atoms. The van der Waals surface area contributed by atoms with Gasteiger partial charge in [-0.05, 0) is 25.1 Å². The Labute approximate surface area is 164 Å². The molecule has 3 amide bonds. The van der Waals surface area contributed by atoms with Gasteiger partial charge in [-0.1, -0.05) is 41.9 Å². The molecule has 0 radical (unpaired) electrons. The van der Waals surface area contributed by atoms with Gasteiger partial charge in [0.05, 0.1) is 16.1 Å². The van der Waals surface area contributed by atoms with Crippen LogP contribution in [-0.2, 0) is 4.79 Å². The standard InChI is InChI=1S/C20H14ClN3O4/c1-11(24-18(26)12-6-2-3-7-13(12)19(24)27)17(25)23-20-22-16(10-28-20)14-8-4-5-9-15(14)21/h2-11H,1H3,(H,22,23,25). The number of imide groups is 1. The van der Waals surface area contributed by atoms with Gasteiger partial charge in [0.1, 0.15) is 18.0 Å². The Balaban J connectivity index is 1.51. The first-order chi connectivity index (χ1) is 13.5. The second-order valence-electron chi connectivity index (χ2n) is 6.21. The normalized spacial score (nSPS) is 14.1. The summed E-state index contributed by atoms with van der Waals surface area (Å²) in [6, 6.07) is 12.4. The number of rotatable bonds is 4. The highest BCUT2D eigenvalue weighted by Gasteiger charge is 2.40. The molecule has 3 aromatic rings. The van der Waals surface area contributed by atoms with Crippen molar-refractivity contribution in [3.63, 3.8) is 0 Å². The molecule has 2 heterocycles. The molecule has 7 nitrogen and oxygen atoms in total. The zero-order valence-corrected chi connectivity index (χ0v) is 15.4. The van der Waals surface area contributed by atoms with Crippen molar-refractivity contribution in [3.05, 3.63) is 70.9 Å². The van der Waals surface area contributed by atoms with E-state index in [1.807, 2.05) is 0 Å². The van der Waals surface area contributed by atoms with Crippen LogP contribution in [-0.4, -0.2) is 33.6 Å². The van der Waals surface area contributed by atoms with Crippen molar-refractivity contribution in [3.8, 4) is 11.3 Å². The van der Waals surface area contributed by atoms with E-state index in [0.717, 1.165) is 4.90 Å². The van der Waals surface area contributed by atoms with Crippen molar-refractivity contribution >= 4 is 35.3 Å². The number of nitrogens with one attached hydrogen (secondary N) is 1. The summed E-state index contributed by atoms with van der Waals surface area (Å²) in [5.74, 6) is -1.61. The Bertz CT molecular complexity index is 1070. The monoisotopic (exact) mass is 395 g/mol. The number of carbonyl (C=O) groups is 3. The average molecular weight is 396 g/mol. The lowest BCUT2D eigenvalue weighted by atomic mass is 10.1. The average Bonchev–Trinajstić information content (AvgIpc) is 3.25. The van der Waals surface area contributed by atoms with E-state index in [9.17, 15) is 14.4 Å². The lowest BCUT2D eigenvalue weighted by Crippen LogP contribution is -2.45. The lowest BCUT2D eigenvalue weighted by Gasteiger charge is -2.20. The van der Waals surface area contributed by atoms with Gasteiger partial charge in [0.2, 0.25) is 0 Å². The first-order valence-electron chi connectivity index (χ1n) is 8.45. The quantitative estimate of drug-likeness (QED) is 0.681. The summed E-state index contributed by atoms with van der Waals surface area (Å²) in [6.07, 6.45) is 1.36. The molecule has 8 heteroatoms. The first kappa shape index (κ1) is 17.9. The molecule has 1 unspecified atom stereocenters. The maximum Gasteiger partial charge on any atom is 0.301 e. The van der Waals surface area contributed by atoms with Gasteiger partial charge >= 0.3 is 6.01 Å². The molecule has 28 heavy (non-hydrogen) atoms. The fourth-order valence-corrected chi connectivity index (χ4v) is 3.24. The molecule has 0 bridgehead atoms. The van der Waals surface area contributed by atoms with E-state index in [-0.39, 0.29) is 17.1 Å². The maximum absolute atomic E-state index is 12.6. The molecule has 140 valence electrons. The molecular weight excluding hydrogens is 382 g/mol. The third-order valence-corrected chi connectivity index (χ3v) is 4.81. The first-order valence-corrected chi connectivity index (χ1v) is 8.83. The third kappa shape index (κ3) is 2.95. The number of hydrogen-bond donors (Lipinski definition) is 1. The molecule has 2 aromatic carbocycles. The van der Waals surface area contributed by atoms with Gasteiger partial charge in [-0.15, -0.1) is 0 Å². The van der Waals surface area contributed by atoms with Crippen LogP contribution in [0, 0.1) is 0 Å². The van der Waals surface area contributed by atoms with E-state index in [2.05, 4.69) is 10.3 Å². The Kier molecular flexibility index (Phi) is 4.44. The molecule has 0 saturated heterocycles. The summed E-state index contributed by atoms with van der Waals surface area (Å²) in [7, 11) is 0. The number of fused-ring (bicyclic) bond motifs is 1. The van der Waals surface area contributed by atoms with Crippen LogP contribution >= 0.6 is 11.6 Å². The number of oxazole rings is 1. The molecule has 1 aromatic heterocycles. The Morgan fingerprint density at radius 3 is 2.21 bits per heavy atom.